The lowest BCUT2D eigenvalue weighted by Gasteiger charge is -2.17. The van der Waals surface area contributed by atoms with Gasteiger partial charge in [-0.2, -0.15) is 0 Å². The Morgan fingerprint density at radius 3 is 2.55 bits per heavy atom. The van der Waals surface area contributed by atoms with Gasteiger partial charge in [-0.1, -0.05) is 45.0 Å². The van der Waals surface area contributed by atoms with Gasteiger partial charge in [0.05, 0.1) is 13.2 Å². The summed E-state index contributed by atoms with van der Waals surface area (Å²) in [4.78, 5) is 2.38. The minimum absolute atomic E-state index is 0.711. The molecule has 3 nitrogen and oxygen atoms in total. The molecule has 114 valence electrons. The van der Waals surface area contributed by atoms with Crippen LogP contribution in [-0.4, -0.2) is 37.7 Å². The van der Waals surface area contributed by atoms with Gasteiger partial charge in [0.1, 0.15) is 0 Å². The lowest BCUT2D eigenvalue weighted by Crippen LogP contribution is -2.26. The molecule has 0 fully saturated rings. The van der Waals surface area contributed by atoms with Crippen LogP contribution in [0.25, 0.3) is 0 Å². The number of benzene rings is 1. The zero-order chi connectivity index (χ0) is 14.6. The number of rotatable bonds is 11. The summed E-state index contributed by atoms with van der Waals surface area (Å²) in [5, 5.41) is 3.43. The normalized spacial score (nSPS) is 11.2. The fraction of sp³-hybridized carbons (Fsp3) is 0.647. The van der Waals surface area contributed by atoms with Crippen LogP contribution in [0.1, 0.15) is 38.3 Å². The van der Waals surface area contributed by atoms with Gasteiger partial charge < -0.3 is 15.0 Å². The summed E-state index contributed by atoms with van der Waals surface area (Å²) in [5.41, 5.74) is 2.60. The molecule has 0 heterocycles. The van der Waals surface area contributed by atoms with Crippen LogP contribution in [0.3, 0.4) is 0 Å². The molecule has 0 aliphatic rings. The molecule has 3 heteroatoms. The minimum atomic E-state index is 0.711. The Kier molecular flexibility index (Phi) is 9.29. The first-order valence-electron chi connectivity index (χ1n) is 7.88. The van der Waals surface area contributed by atoms with Crippen LogP contribution in [0, 0.1) is 0 Å². The summed E-state index contributed by atoms with van der Waals surface area (Å²) in [5.74, 6) is 0. The predicted octanol–water partition coefficient (Wildman–Crippen LogP) is 3.04. The van der Waals surface area contributed by atoms with Crippen molar-refractivity contribution in [3.63, 3.8) is 0 Å². The Balaban J connectivity index is 2.27. The minimum Gasteiger partial charge on any atom is -0.375 e. The quantitative estimate of drug-likeness (QED) is 0.630. The first-order chi connectivity index (χ1) is 9.80. The molecule has 20 heavy (non-hydrogen) atoms. The molecule has 0 radical (unpaired) electrons. The molecular formula is C17H30N2O. The summed E-state index contributed by atoms with van der Waals surface area (Å²) < 4.78 is 5.77. The Hall–Kier alpha value is -0.900. The highest BCUT2D eigenvalue weighted by molar-refractivity contribution is 5.22. The molecule has 0 spiro atoms. The molecule has 1 aromatic carbocycles. The Morgan fingerprint density at radius 1 is 1.10 bits per heavy atom. The lowest BCUT2D eigenvalue weighted by molar-refractivity contribution is 0.0956. The lowest BCUT2D eigenvalue weighted by atomic mass is 10.1. The van der Waals surface area contributed by atoms with Crippen LogP contribution < -0.4 is 5.32 Å². The second-order valence-corrected chi connectivity index (χ2v) is 5.08. The number of ether oxygens (including phenoxy) is 1. The highest BCUT2D eigenvalue weighted by Crippen LogP contribution is 2.06. The number of hydrogen-bond donors (Lipinski definition) is 1. The smallest absolute Gasteiger partial charge is 0.0717 e. The summed E-state index contributed by atoms with van der Waals surface area (Å²) in [6, 6.07) is 8.66. The van der Waals surface area contributed by atoms with Crippen LogP contribution in [0.15, 0.2) is 24.3 Å². The van der Waals surface area contributed by atoms with Gasteiger partial charge in [0.15, 0.2) is 0 Å². The molecule has 0 aliphatic heterocycles. The van der Waals surface area contributed by atoms with E-state index in [0.717, 1.165) is 39.3 Å². The van der Waals surface area contributed by atoms with E-state index in [-0.39, 0.29) is 0 Å². The van der Waals surface area contributed by atoms with Gasteiger partial charge in [-0.25, -0.2) is 0 Å². The van der Waals surface area contributed by atoms with E-state index in [1.165, 1.54) is 17.5 Å². The SMILES string of the molecule is CCCNCc1cccc(COCCN(CC)CC)c1. The first-order valence-corrected chi connectivity index (χ1v) is 7.88. The molecule has 0 saturated heterocycles. The van der Waals surface area contributed by atoms with Crippen LogP contribution in [0.5, 0.6) is 0 Å². The molecule has 0 unspecified atom stereocenters. The molecule has 1 rings (SSSR count). The molecule has 1 N–H and O–H groups in total. The van der Waals surface area contributed by atoms with Crippen molar-refractivity contribution < 1.29 is 4.74 Å². The Morgan fingerprint density at radius 2 is 1.85 bits per heavy atom. The number of hydrogen-bond acceptors (Lipinski definition) is 3. The van der Waals surface area contributed by atoms with Gasteiger partial charge in [-0.05, 0) is 37.2 Å². The predicted molar refractivity (Wildman–Crippen MR) is 85.9 cm³/mol. The van der Waals surface area contributed by atoms with Crippen molar-refractivity contribution in [2.75, 3.05) is 32.8 Å². The van der Waals surface area contributed by atoms with Gasteiger partial charge >= 0.3 is 0 Å². The van der Waals surface area contributed by atoms with E-state index in [0.29, 0.717) is 6.61 Å². The van der Waals surface area contributed by atoms with E-state index in [1.807, 2.05) is 0 Å². The van der Waals surface area contributed by atoms with Gasteiger partial charge in [0, 0.05) is 13.1 Å². The van der Waals surface area contributed by atoms with E-state index < -0.39 is 0 Å². The summed E-state index contributed by atoms with van der Waals surface area (Å²) >= 11 is 0. The van der Waals surface area contributed by atoms with E-state index >= 15 is 0 Å². The van der Waals surface area contributed by atoms with Crippen molar-refractivity contribution in [1.82, 2.24) is 10.2 Å². The second-order valence-electron chi connectivity index (χ2n) is 5.08. The standard InChI is InChI=1S/C17H30N2O/c1-4-10-18-14-16-8-7-9-17(13-16)15-20-12-11-19(5-2)6-3/h7-9,13,18H,4-6,10-12,14-15H2,1-3H3. The third kappa shape index (κ3) is 7.04. The average molecular weight is 278 g/mol. The molecule has 0 aliphatic carbocycles. The molecule has 0 amide bonds. The fourth-order valence-corrected chi connectivity index (χ4v) is 2.16. The van der Waals surface area contributed by atoms with Crippen LogP contribution >= 0.6 is 0 Å². The summed E-state index contributed by atoms with van der Waals surface area (Å²) in [7, 11) is 0. The molecule has 0 bridgehead atoms. The van der Waals surface area contributed by atoms with E-state index in [1.54, 1.807) is 0 Å². The van der Waals surface area contributed by atoms with Crippen LogP contribution in [-0.2, 0) is 17.9 Å². The summed E-state index contributed by atoms with van der Waals surface area (Å²) in [6.45, 7) is 13.3. The first kappa shape index (κ1) is 17.2. The van der Waals surface area contributed by atoms with E-state index in [4.69, 9.17) is 4.74 Å². The Labute approximate surface area is 124 Å². The Bertz CT molecular complexity index is 351. The van der Waals surface area contributed by atoms with Crippen LogP contribution in [0.2, 0.25) is 0 Å². The highest BCUT2D eigenvalue weighted by atomic mass is 16.5. The van der Waals surface area contributed by atoms with Crippen molar-refractivity contribution in [2.24, 2.45) is 0 Å². The average Bonchev–Trinajstić information content (AvgIpc) is 2.48. The van der Waals surface area contributed by atoms with Crippen molar-refractivity contribution in [3.05, 3.63) is 35.4 Å². The van der Waals surface area contributed by atoms with Crippen molar-refractivity contribution >= 4 is 0 Å². The van der Waals surface area contributed by atoms with E-state index in [2.05, 4.69) is 55.3 Å². The van der Waals surface area contributed by atoms with E-state index in [9.17, 15) is 0 Å². The van der Waals surface area contributed by atoms with Crippen LogP contribution in [0.4, 0.5) is 0 Å². The third-order valence-electron chi connectivity index (χ3n) is 3.46. The van der Waals surface area contributed by atoms with Crippen molar-refractivity contribution in [2.45, 2.75) is 40.3 Å². The largest absolute Gasteiger partial charge is 0.375 e. The number of nitrogens with one attached hydrogen (secondary N) is 1. The van der Waals surface area contributed by atoms with Gasteiger partial charge in [-0.3, -0.25) is 0 Å². The number of likely N-dealkylation sites (N-methyl/N-ethyl adjacent to an activating group) is 1. The molecular weight excluding hydrogens is 248 g/mol. The maximum Gasteiger partial charge on any atom is 0.0717 e. The van der Waals surface area contributed by atoms with Crippen molar-refractivity contribution in [1.29, 1.82) is 0 Å². The molecule has 0 atom stereocenters. The van der Waals surface area contributed by atoms with Gasteiger partial charge in [0.25, 0.3) is 0 Å². The zero-order valence-corrected chi connectivity index (χ0v) is 13.3. The second kappa shape index (κ2) is 10.8. The maximum atomic E-state index is 5.77. The van der Waals surface area contributed by atoms with Gasteiger partial charge in [0.2, 0.25) is 0 Å². The topological polar surface area (TPSA) is 24.5 Å². The molecule has 0 saturated carbocycles. The third-order valence-corrected chi connectivity index (χ3v) is 3.46. The molecule has 0 aromatic heterocycles. The van der Waals surface area contributed by atoms with Gasteiger partial charge in [-0.15, -0.1) is 0 Å². The summed E-state index contributed by atoms with van der Waals surface area (Å²) in [6.07, 6.45) is 1.17. The zero-order valence-electron chi connectivity index (χ0n) is 13.3. The monoisotopic (exact) mass is 278 g/mol. The maximum absolute atomic E-state index is 5.77. The van der Waals surface area contributed by atoms with Crippen molar-refractivity contribution in [3.8, 4) is 0 Å². The fourth-order valence-electron chi connectivity index (χ4n) is 2.16. The molecule has 1 aromatic rings. The number of nitrogens with zero attached hydrogens (tertiary/aromatic N) is 1. The highest BCUT2D eigenvalue weighted by Gasteiger charge is 2.00.